The molecule has 0 radical (unpaired) electrons. The lowest BCUT2D eigenvalue weighted by atomic mass is 10.1. The summed E-state index contributed by atoms with van der Waals surface area (Å²) in [7, 11) is 1.88. The maximum atomic E-state index is 14.0. The number of nitrogens with zero attached hydrogens (tertiary/aromatic N) is 3. The number of aryl methyl sites for hydroxylation is 1. The van der Waals surface area contributed by atoms with Crippen molar-refractivity contribution in [1.29, 1.82) is 0 Å². The van der Waals surface area contributed by atoms with Crippen LogP contribution in [0, 0.1) is 5.82 Å². The Bertz CT molecular complexity index is 1030. The molecule has 0 spiro atoms. The molecule has 4 rings (SSSR count). The van der Waals surface area contributed by atoms with Gasteiger partial charge in [0.2, 0.25) is 0 Å². The number of hydrogen-bond donors (Lipinski definition) is 0. The predicted octanol–water partition coefficient (Wildman–Crippen LogP) is 2.97. The maximum absolute atomic E-state index is 14.0. The molecule has 0 amide bonds. The van der Waals surface area contributed by atoms with E-state index in [9.17, 15) is 9.18 Å². The monoisotopic (exact) mass is 293 g/mol. The van der Waals surface area contributed by atoms with Crippen LogP contribution < -0.4 is 5.56 Å². The van der Waals surface area contributed by atoms with Gasteiger partial charge in [0.25, 0.3) is 5.56 Å². The molecule has 0 saturated carbocycles. The molecule has 0 atom stereocenters. The Morgan fingerprint density at radius 2 is 1.77 bits per heavy atom. The zero-order valence-corrected chi connectivity index (χ0v) is 11.8. The minimum Gasteiger partial charge on any atom is -0.350 e. The fraction of sp³-hybridized carbons (Fsp3) is 0.0588. The maximum Gasteiger partial charge on any atom is 0.282 e. The van der Waals surface area contributed by atoms with Crippen molar-refractivity contribution in [3.8, 4) is 16.9 Å². The lowest BCUT2D eigenvalue weighted by Gasteiger charge is -2.08. The summed E-state index contributed by atoms with van der Waals surface area (Å²) in [4.78, 5) is 12.6. The Labute approximate surface area is 125 Å². The highest BCUT2D eigenvalue weighted by Gasteiger charge is 2.20. The molecule has 2 aliphatic rings. The van der Waals surface area contributed by atoms with Gasteiger partial charge in [0.15, 0.2) is 0 Å². The second kappa shape index (κ2) is 4.53. The topological polar surface area (TPSA) is 39.8 Å². The van der Waals surface area contributed by atoms with Crippen molar-refractivity contribution in [2.75, 3.05) is 0 Å². The van der Waals surface area contributed by atoms with Crippen molar-refractivity contribution >= 4 is 10.9 Å². The van der Waals surface area contributed by atoms with Gasteiger partial charge in [0.1, 0.15) is 17.2 Å². The van der Waals surface area contributed by atoms with Gasteiger partial charge in [-0.2, -0.15) is 9.78 Å². The van der Waals surface area contributed by atoms with Crippen LogP contribution in [-0.4, -0.2) is 14.3 Å². The van der Waals surface area contributed by atoms with Crippen molar-refractivity contribution in [2.24, 2.45) is 7.05 Å². The fourth-order valence-electron chi connectivity index (χ4n) is 2.76. The summed E-state index contributed by atoms with van der Waals surface area (Å²) in [6.07, 6.45) is 1.74. The van der Waals surface area contributed by atoms with Crippen LogP contribution in [0.2, 0.25) is 0 Å². The quantitative estimate of drug-likeness (QED) is 0.541. The average Bonchev–Trinajstić information content (AvgIpc) is 2.86. The van der Waals surface area contributed by atoms with E-state index in [1.807, 2.05) is 35.9 Å². The molecular weight excluding hydrogens is 281 g/mol. The molecule has 0 saturated heterocycles. The summed E-state index contributed by atoms with van der Waals surface area (Å²) in [6, 6.07) is 13.8. The Balaban J connectivity index is 2.14. The summed E-state index contributed by atoms with van der Waals surface area (Å²) in [5.74, 6) is -0.471. The van der Waals surface area contributed by atoms with E-state index in [4.69, 9.17) is 0 Å². The Hall–Kier alpha value is -2.95. The molecular formula is C17H12FN3O. The van der Waals surface area contributed by atoms with Crippen molar-refractivity contribution < 1.29 is 4.39 Å². The molecule has 4 nitrogen and oxygen atoms in total. The van der Waals surface area contributed by atoms with Gasteiger partial charge < -0.3 is 4.57 Å². The molecule has 2 aromatic rings. The molecule has 22 heavy (non-hydrogen) atoms. The van der Waals surface area contributed by atoms with Crippen LogP contribution in [0.25, 0.3) is 27.8 Å². The third kappa shape index (κ3) is 1.69. The normalized spacial score (nSPS) is 11.4. The molecule has 2 aromatic carbocycles. The van der Waals surface area contributed by atoms with E-state index < -0.39 is 5.82 Å². The van der Waals surface area contributed by atoms with E-state index in [1.165, 1.54) is 6.07 Å². The number of rotatable bonds is 1. The number of fused-ring (bicyclic) bond motifs is 3. The minimum atomic E-state index is -0.471. The highest BCUT2D eigenvalue weighted by atomic mass is 19.1. The van der Waals surface area contributed by atoms with Gasteiger partial charge in [-0.3, -0.25) is 4.79 Å². The number of aromatic nitrogens is 3. The van der Waals surface area contributed by atoms with Crippen molar-refractivity contribution in [3.05, 3.63) is 70.9 Å². The molecule has 0 bridgehead atoms. The Morgan fingerprint density at radius 3 is 2.59 bits per heavy atom. The number of pyridine rings is 1. The lowest BCUT2D eigenvalue weighted by Crippen LogP contribution is -2.16. The lowest BCUT2D eigenvalue weighted by molar-refractivity contribution is 0.609. The third-order valence-electron chi connectivity index (χ3n) is 3.82. The Morgan fingerprint density at radius 1 is 1.05 bits per heavy atom. The van der Waals surface area contributed by atoms with E-state index >= 15 is 0 Å². The Kier molecular flexibility index (Phi) is 2.63. The van der Waals surface area contributed by atoms with E-state index in [0.29, 0.717) is 11.3 Å². The summed E-state index contributed by atoms with van der Waals surface area (Å²) in [5, 5.41) is 5.23. The van der Waals surface area contributed by atoms with E-state index in [1.54, 1.807) is 24.4 Å². The minimum absolute atomic E-state index is 0.162. The first-order valence-corrected chi connectivity index (χ1v) is 6.89. The summed E-state index contributed by atoms with van der Waals surface area (Å²) >= 11 is 0. The molecule has 0 N–H and O–H groups in total. The van der Waals surface area contributed by atoms with Crippen LogP contribution >= 0.6 is 0 Å². The second-order valence-electron chi connectivity index (χ2n) is 5.19. The van der Waals surface area contributed by atoms with Crippen LogP contribution in [0.5, 0.6) is 0 Å². The molecule has 0 aromatic heterocycles. The smallest absolute Gasteiger partial charge is 0.282 e. The van der Waals surface area contributed by atoms with Crippen LogP contribution in [-0.2, 0) is 7.05 Å². The van der Waals surface area contributed by atoms with Crippen molar-refractivity contribution in [1.82, 2.24) is 14.3 Å². The van der Waals surface area contributed by atoms with Gasteiger partial charge in [-0.05, 0) is 18.2 Å². The average molecular weight is 293 g/mol. The van der Waals surface area contributed by atoms with Crippen LogP contribution in [0.4, 0.5) is 4.39 Å². The van der Waals surface area contributed by atoms with Crippen molar-refractivity contribution in [2.45, 2.75) is 0 Å². The number of benzene rings is 2. The van der Waals surface area contributed by atoms with Gasteiger partial charge in [-0.15, -0.1) is 0 Å². The summed E-state index contributed by atoms with van der Waals surface area (Å²) < 4.78 is 17.0. The van der Waals surface area contributed by atoms with E-state index in [0.717, 1.165) is 15.6 Å². The zero-order valence-electron chi connectivity index (χ0n) is 11.8. The zero-order chi connectivity index (χ0) is 15.3. The highest BCUT2D eigenvalue weighted by molar-refractivity contribution is 5.93. The second-order valence-corrected chi connectivity index (χ2v) is 5.19. The molecule has 0 aliphatic carbocycles. The third-order valence-corrected chi connectivity index (χ3v) is 3.82. The first-order chi connectivity index (χ1) is 10.7. The van der Waals surface area contributed by atoms with Gasteiger partial charge >= 0.3 is 0 Å². The standard InChI is InChI=1S/C17H12FN3O/c1-20-10-12-16(11-6-2-4-8-14(11)20)19-21(17(12)22)15-9-5-3-7-13(15)18/h2-10H,1H3. The highest BCUT2D eigenvalue weighted by Crippen LogP contribution is 2.27. The SMILES string of the molecule is Cn1cc2c(=O)n(-c3ccccc3F)nc-2c2ccccc21. The first-order valence-electron chi connectivity index (χ1n) is 6.89. The van der Waals surface area contributed by atoms with Crippen molar-refractivity contribution in [3.63, 3.8) is 0 Å². The van der Waals surface area contributed by atoms with Gasteiger partial charge in [0.05, 0.1) is 5.56 Å². The molecule has 2 aliphatic heterocycles. The van der Waals surface area contributed by atoms with Gasteiger partial charge in [0, 0.05) is 24.1 Å². The molecule has 2 heterocycles. The van der Waals surface area contributed by atoms with Gasteiger partial charge in [-0.25, -0.2) is 4.39 Å². The van der Waals surface area contributed by atoms with Crippen LogP contribution in [0.3, 0.4) is 0 Å². The van der Waals surface area contributed by atoms with E-state index in [2.05, 4.69) is 5.10 Å². The molecule has 108 valence electrons. The summed E-state index contributed by atoms with van der Waals surface area (Å²) in [6.45, 7) is 0. The first kappa shape index (κ1) is 12.8. The van der Waals surface area contributed by atoms with Crippen LogP contribution in [0.1, 0.15) is 0 Å². The molecule has 0 unspecified atom stereocenters. The predicted molar refractivity (Wildman–Crippen MR) is 82.9 cm³/mol. The van der Waals surface area contributed by atoms with E-state index in [-0.39, 0.29) is 11.2 Å². The number of para-hydroxylation sites is 2. The molecule has 0 fully saturated rings. The largest absolute Gasteiger partial charge is 0.350 e. The number of halogens is 1. The fourth-order valence-corrected chi connectivity index (χ4v) is 2.76. The molecule has 5 heteroatoms. The number of hydrogen-bond acceptors (Lipinski definition) is 2. The summed E-state index contributed by atoms with van der Waals surface area (Å²) in [5.41, 5.74) is 1.87. The van der Waals surface area contributed by atoms with Crippen LogP contribution in [0.15, 0.2) is 59.5 Å². The van der Waals surface area contributed by atoms with Gasteiger partial charge in [-0.1, -0.05) is 30.3 Å².